The smallest absolute Gasteiger partial charge is 0.250 e. The molecule has 0 fully saturated rings. The Labute approximate surface area is 463 Å². The van der Waals surface area contributed by atoms with Gasteiger partial charge in [0.1, 0.15) is 14.7 Å². The lowest BCUT2D eigenvalue weighted by atomic mass is 9.92. The second-order valence-corrected chi connectivity index (χ2v) is 33.3. The molecule has 0 heterocycles. The van der Waals surface area contributed by atoms with Crippen LogP contribution >= 0.6 is 31.9 Å². The minimum absolute atomic E-state index is 0. The monoisotopic (exact) mass is 1190 g/mol. The zero-order valence-electron chi connectivity index (χ0n) is 44.0. The number of hydrogen-bond acceptors (Lipinski definition) is 12. The lowest BCUT2D eigenvalue weighted by molar-refractivity contribution is -0.115. The van der Waals surface area contributed by atoms with E-state index in [0.717, 1.165) is 44.5 Å². The van der Waals surface area contributed by atoms with E-state index in [4.69, 9.17) is 46.7 Å². The van der Waals surface area contributed by atoms with Crippen molar-refractivity contribution in [2.45, 2.75) is 130 Å². The van der Waals surface area contributed by atoms with Crippen molar-refractivity contribution >= 4 is 71.2 Å². The van der Waals surface area contributed by atoms with Gasteiger partial charge in [0.2, 0.25) is 11.5 Å². The standard InChI is InChI=1S/C27H34Br2O6Si.C27H36O6Si.4CH4/c1-26(2,3)36(8,9)35-21-12-16(10-11-20(21)31-4)17-14-23(30)27(28,29)15-19-18(17)13-22(32-5)25(34-7)24(19)33-6;1-27(2,3)34(8,9)33-23-14-17(10-13-22(23)29-4)20-15-18(28)11-12-19-21(20)16-24(30-5)26(32-7)25(19)31-6;;;;/h10-14H,15H2,1-9H3;10,13-16H,11-12H2,1-9H3;4*1H4. The lowest BCUT2D eigenvalue weighted by Gasteiger charge is -2.37. The Morgan fingerprint density at radius 1 is 0.459 bits per heavy atom. The van der Waals surface area contributed by atoms with Gasteiger partial charge in [-0.15, -0.1) is 0 Å². The van der Waals surface area contributed by atoms with Gasteiger partial charge in [-0.1, -0.05) is 115 Å². The number of fused-ring (bicyclic) bond motifs is 2. The number of carbonyl (C=O) groups is 2. The van der Waals surface area contributed by atoms with Crippen molar-refractivity contribution in [1.29, 1.82) is 0 Å². The summed E-state index contributed by atoms with van der Waals surface area (Å²) >= 11 is 7.16. The van der Waals surface area contributed by atoms with Gasteiger partial charge in [0.25, 0.3) is 16.6 Å². The van der Waals surface area contributed by atoms with Crippen LogP contribution in [-0.2, 0) is 22.4 Å². The van der Waals surface area contributed by atoms with Crippen LogP contribution in [0.3, 0.4) is 0 Å². The SMILES string of the molecule is C.C.C.C.COc1ccc(C2=CC(=O)C(Br)(Br)Cc3c2cc(OC)c(OC)c3OC)cc1O[Si](C)(C)C(C)(C)C.COc1ccc(C2=CC(=O)CCc3c2cc(OC)c(OC)c3OC)cc1O[Si](C)(C)C(C)(C)C. The first-order valence-corrected chi connectivity index (χ1v) is 30.4. The molecule has 4 aromatic rings. The topological polar surface area (TPSA) is 126 Å². The highest BCUT2D eigenvalue weighted by molar-refractivity contribution is 9.26. The van der Waals surface area contributed by atoms with Crippen LogP contribution in [0.5, 0.6) is 57.5 Å². The molecule has 0 spiro atoms. The summed E-state index contributed by atoms with van der Waals surface area (Å²) in [7, 11) is 8.47. The predicted octanol–water partition coefficient (Wildman–Crippen LogP) is 15.7. The first-order chi connectivity index (χ1) is 32.7. The molecule has 412 valence electrons. The fourth-order valence-electron chi connectivity index (χ4n) is 7.70. The highest BCUT2D eigenvalue weighted by Gasteiger charge is 2.42. The number of hydrogen-bond donors (Lipinski definition) is 0. The van der Waals surface area contributed by atoms with E-state index in [0.29, 0.717) is 76.8 Å². The number of halogens is 2. The van der Waals surface area contributed by atoms with Crippen LogP contribution in [-0.4, -0.2) is 88.3 Å². The van der Waals surface area contributed by atoms with E-state index in [1.807, 2.05) is 48.5 Å². The Morgan fingerprint density at radius 3 is 1.19 bits per heavy atom. The molecule has 0 bridgehead atoms. The summed E-state index contributed by atoms with van der Waals surface area (Å²) in [6, 6.07) is 15.4. The molecule has 6 rings (SSSR count). The number of alkyl halides is 2. The minimum atomic E-state index is -2.16. The van der Waals surface area contributed by atoms with Crippen LogP contribution in [0, 0.1) is 0 Å². The van der Waals surface area contributed by atoms with Crippen molar-refractivity contribution in [2.24, 2.45) is 0 Å². The van der Waals surface area contributed by atoms with E-state index in [2.05, 4.69) is 99.6 Å². The van der Waals surface area contributed by atoms with E-state index >= 15 is 0 Å². The molecule has 0 aromatic heterocycles. The summed E-state index contributed by atoms with van der Waals surface area (Å²) in [5.74, 6) is 5.71. The summed E-state index contributed by atoms with van der Waals surface area (Å²) in [4.78, 5) is 26.1. The fourth-order valence-corrected chi connectivity index (χ4v) is 10.5. The molecule has 0 radical (unpaired) electrons. The third-order valence-corrected chi connectivity index (χ3v) is 23.7. The van der Waals surface area contributed by atoms with Gasteiger partial charge in [-0.25, -0.2) is 0 Å². The van der Waals surface area contributed by atoms with Gasteiger partial charge in [-0.3, -0.25) is 9.59 Å². The van der Waals surface area contributed by atoms with Crippen LogP contribution in [0.1, 0.15) is 111 Å². The van der Waals surface area contributed by atoms with Gasteiger partial charge >= 0.3 is 0 Å². The Bertz CT molecular complexity index is 2680. The molecule has 0 saturated heterocycles. The van der Waals surface area contributed by atoms with Crippen LogP contribution in [0.4, 0.5) is 0 Å². The van der Waals surface area contributed by atoms with Crippen molar-refractivity contribution in [3.8, 4) is 57.5 Å². The lowest BCUT2D eigenvalue weighted by Crippen LogP contribution is -2.43. The number of carbonyl (C=O) groups excluding carboxylic acids is 2. The van der Waals surface area contributed by atoms with Gasteiger partial charge < -0.3 is 46.7 Å². The highest BCUT2D eigenvalue weighted by Crippen LogP contribution is 2.52. The second-order valence-electron chi connectivity index (χ2n) is 20.1. The fraction of sp³-hybridized carbons (Fsp3) is 0.483. The van der Waals surface area contributed by atoms with Crippen molar-refractivity contribution in [1.82, 2.24) is 0 Å². The Balaban J connectivity index is 0.000000703. The maximum Gasteiger partial charge on any atom is 0.250 e. The largest absolute Gasteiger partial charge is 0.541 e. The normalized spacial score (nSPS) is 13.9. The average Bonchev–Trinajstić information content (AvgIpc) is 3.52. The van der Waals surface area contributed by atoms with E-state index in [1.54, 1.807) is 69.0 Å². The minimum Gasteiger partial charge on any atom is -0.541 e. The maximum absolute atomic E-state index is 13.3. The van der Waals surface area contributed by atoms with Crippen molar-refractivity contribution in [3.63, 3.8) is 0 Å². The number of ketones is 2. The maximum atomic E-state index is 13.3. The van der Waals surface area contributed by atoms with Crippen LogP contribution in [0.15, 0.2) is 60.7 Å². The van der Waals surface area contributed by atoms with E-state index in [1.165, 1.54) is 0 Å². The molecule has 0 N–H and O–H groups in total. The molecule has 74 heavy (non-hydrogen) atoms. The third kappa shape index (κ3) is 13.9. The second kappa shape index (κ2) is 26.2. The van der Waals surface area contributed by atoms with Gasteiger partial charge in [0, 0.05) is 24.0 Å². The van der Waals surface area contributed by atoms with Gasteiger partial charge in [-0.2, -0.15) is 0 Å². The number of ether oxygens (including phenoxy) is 8. The molecule has 0 aliphatic heterocycles. The molecule has 2 aliphatic rings. The first-order valence-electron chi connectivity index (χ1n) is 23.0. The number of rotatable bonds is 14. The summed E-state index contributed by atoms with van der Waals surface area (Å²) in [5, 5.41) is 0.0242. The molecular weight excluding hydrogens is 1100 g/mol. The van der Waals surface area contributed by atoms with Crippen LogP contribution < -0.4 is 46.7 Å². The first kappa shape index (κ1) is 67.1. The number of benzene rings is 4. The molecular formula is C58H86Br2O12Si2. The third-order valence-electron chi connectivity index (χ3n) is 13.7. The van der Waals surface area contributed by atoms with E-state index in [9.17, 15) is 9.59 Å². The molecule has 0 amide bonds. The van der Waals surface area contributed by atoms with E-state index < -0.39 is 19.9 Å². The highest BCUT2D eigenvalue weighted by atomic mass is 79.9. The predicted molar refractivity (Wildman–Crippen MR) is 318 cm³/mol. The molecule has 16 heteroatoms. The quantitative estimate of drug-likeness (QED) is 0.0881. The zero-order valence-corrected chi connectivity index (χ0v) is 49.2. The summed E-state index contributed by atoms with van der Waals surface area (Å²) in [6.45, 7) is 21.9. The number of allylic oxidation sites excluding steroid dienone is 2. The average molecular weight is 1190 g/mol. The van der Waals surface area contributed by atoms with Crippen molar-refractivity contribution in [3.05, 3.63) is 94.1 Å². The Morgan fingerprint density at radius 2 is 0.824 bits per heavy atom. The van der Waals surface area contributed by atoms with Gasteiger partial charge in [-0.05, 0) is 125 Å². The Kier molecular flexibility index (Phi) is 23.8. The summed E-state index contributed by atoms with van der Waals surface area (Å²) in [6.07, 6.45) is 4.59. The summed E-state index contributed by atoms with van der Waals surface area (Å²) in [5.41, 5.74) is 6.60. The molecule has 12 nitrogen and oxygen atoms in total. The molecule has 0 saturated carbocycles. The molecule has 0 unspecified atom stereocenters. The number of methoxy groups -OCH3 is 8. The zero-order chi connectivity index (χ0) is 52.3. The summed E-state index contributed by atoms with van der Waals surface area (Å²) < 4.78 is 57.5. The molecule has 4 aromatic carbocycles. The van der Waals surface area contributed by atoms with Gasteiger partial charge in [0.05, 0.1) is 56.9 Å². The van der Waals surface area contributed by atoms with Gasteiger partial charge in [0.15, 0.2) is 46.1 Å². The van der Waals surface area contributed by atoms with E-state index in [-0.39, 0.29) is 51.3 Å². The van der Waals surface area contributed by atoms with Crippen LogP contribution in [0.25, 0.3) is 11.1 Å². The molecule has 2 aliphatic carbocycles. The Hall–Kier alpha value is -4.91. The van der Waals surface area contributed by atoms with Crippen molar-refractivity contribution < 1.29 is 56.3 Å². The van der Waals surface area contributed by atoms with Crippen LogP contribution in [0.2, 0.25) is 36.3 Å². The van der Waals surface area contributed by atoms with Crippen molar-refractivity contribution in [2.75, 3.05) is 56.9 Å². The molecule has 0 atom stereocenters.